The normalized spacial score (nSPS) is 29.2. The van der Waals surface area contributed by atoms with Crippen LogP contribution in [0.1, 0.15) is 39.5 Å². The van der Waals surface area contributed by atoms with Crippen molar-refractivity contribution >= 4 is 0 Å². The molecule has 2 aliphatic heterocycles. The largest absolute Gasteiger partial charge is 0.491 e. The zero-order chi connectivity index (χ0) is 21.3. The van der Waals surface area contributed by atoms with Crippen molar-refractivity contribution in [2.24, 2.45) is 11.8 Å². The molecule has 2 atom stereocenters. The summed E-state index contributed by atoms with van der Waals surface area (Å²) in [5.74, 6) is 3.01. The Morgan fingerprint density at radius 1 is 0.800 bits per heavy atom. The first kappa shape index (κ1) is 23.3. The van der Waals surface area contributed by atoms with Crippen LogP contribution in [0.15, 0.2) is 24.3 Å². The summed E-state index contributed by atoms with van der Waals surface area (Å²) in [6.07, 6.45) is 4.04. The molecule has 0 saturated carbocycles. The van der Waals surface area contributed by atoms with E-state index in [4.69, 9.17) is 9.47 Å². The number of hydrogen-bond acceptors (Lipinski definition) is 4. The molecule has 0 bridgehead atoms. The Hall–Kier alpha value is -1.34. The molecule has 0 radical (unpaired) electrons. The van der Waals surface area contributed by atoms with E-state index in [9.17, 15) is 10.2 Å². The van der Waals surface area contributed by atoms with Gasteiger partial charge in [0.1, 0.15) is 50.0 Å². The Balaban J connectivity index is 1.35. The number of benzene rings is 1. The Morgan fingerprint density at radius 2 is 1.20 bits per heavy atom. The molecule has 0 unspecified atom stereocenters. The van der Waals surface area contributed by atoms with E-state index < -0.39 is 12.2 Å². The number of ether oxygens (including phenoxy) is 2. The maximum absolute atomic E-state index is 10.3. The third kappa shape index (κ3) is 8.06. The van der Waals surface area contributed by atoms with Crippen LogP contribution >= 0.6 is 0 Å². The van der Waals surface area contributed by atoms with Crippen molar-refractivity contribution in [1.29, 1.82) is 0 Å². The van der Waals surface area contributed by atoms with E-state index in [1.165, 1.54) is 35.5 Å². The van der Waals surface area contributed by atoms with E-state index >= 15 is 0 Å². The average Bonchev–Trinajstić information content (AvgIpc) is 2.74. The van der Waals surface area contributed by atoms with Crippen LogP contribution in [0.25, 0.3) is 0 Å². The predicted molar refractivity (Wildman–Crippen MR) is 117 cm³/mol. The highest BCUT2D eigenvalue weighted by molar-refractivity contribution is 5.32. The van der Waals surface area contributed by atoms with E-state index in [0.717, 1.165) is 51.1 Å². The van der Waals surface area contributed by atoms with E-state index in [-0.39, 0.29) is 0 Å². The summed E-state index contributed by atoms with van der Waals surface area (Å²) in [5, 5.41) is 20.7. The molecule has 0 spiro atoms. The third-order valence-corrected chi connectivity index (χ3v) is 6.70. The van der Waals surface area contributed by atoms with Crippen molar-refractivity contribution in [2.75, 3.05) is 52.5 Å². The van der Waals surface area contributed by atoms with E-state index in [1.54, 1.807) is 0 Å². The minimum Gasteiger partial charge on any atom is -0.491 e. The molecule has 30 heavy (non-hydrogen) atoms. The van der Waals surface area contributed by atoms with Crippen LogP contribution in [-0.2, 0) is 0 Å². The lowest BCUT2D eigenvalue weighted by Gasteiger charge is -2.29. The summed E-state index contributed by atoms with van der Waals surface area (Å²) >= 11 is 0. The first-order valence-corrected chi connectivity index (χ1v) is 11.9. The van der Waals surface area contributed by atoms with Gasteiger partial charge >= 0.3 is 0 Å². The number of rotatable bonds is 10. The molecule has 2 fully saturated rings. The second-order valence-corrected chi connectivity index (χ2v) is 9.68. The van der Waals surface area contributed by atoms with Gasteiger partial charge in [0.15, 0.2) is 0 Å². The van der Waals surface area contributed by atoms with Gasteiger partial charge in [-0.15, -0.1) is 0 Å². The molecular weight excluding hydrogens is 380 g/mol. The molecule has 0 amide bonds. The number of quaternary nitrogens is 2. The van der Waals surface area contributed by atoms with Gasteiger partial charge in [-0.25, -0.2) is 0 Å². The van der Waals surface area contributed by atoms with Gasteiger partial charge < -0.3 is 29.5 Å². The first-order chi connectivity index (χ1) is 14.5. The van der Waals surface area contributed by atoms with Crippen molar-refractivity contribution in [2.45, 2.75) is 51.7 Å². The van der Waals surface area contributed by atoms with Gasteiger partial charge in [-0.1, -0.05) is 19.9 Å². The summed E-state index contributed by atoms with van der Waals surface area (Å²) in [5.41, 5.74) is 0. The van der Waals surface area contributed by atoms with Gasteiger partial charge in [-0.3, -0.25) is 0 Å². The first-order valence-electron chi connectivity index (χ1n) is 11.9. The van der Waals surface area contributed by atoms with Crippen molar-refractivity contribution < 1.29 is 29.5 Å². The minimum atomic E-state index is -0.463. The second kappa shape index (κ2) is 11.9. The molecule has 3 rings (SSSR count). The Bertz CT molecular complexity index is 564. The number of likely N-dealkylation sites (tertiary alicyclic amines) is 2. The number of nitrogens with one attached hydrogen (secondary N) is 2. The second-order valence-electron chi connectivity index (χ2n) is 9.68. The summed E-state index contributed by atoms with van der Waals surface area (Å²) in [4.78, 5) is 2.95. The molecule has 4 N–H and O–H groups in total. The van der Waals surface area contributed by atoms with Crippen LogP contribution in [0.5, 0.6) is 11.5 Å². The summed E-state index contributed by atoms with van der Waals surface area (Å²) in [6, 6.07) is 7.48. The Labute approximate surface area is 181 Å². The molecule has 0 aromatic heterocycles. The predicted octanol–water partition coefficient (Wildman–Crippen LogP) is -0.204. The zero-order valence-corrected chi connectivity index (χ0v) is 18.8. The minimum absolute atomic E-state index is 0.294. The summed E-state index contributed by atoms with van der Waals surface area (Å²) < 4.78 is 11.6. The fourth-order valence-electron chi connectivity index (χ4n) is 4.57. The van der Waals surface area contributed by atoms with Crippen LogP contribution in [0.2, 0.25) is 0 Å². The highest BCUT2D eigenvalue weighted by atomic mass is 16.5. The van der Waals surface area contributed by atoms with Gasteiger partial charge in [-0.05, 0) is 49.7 Å². The lowest BCUT2D eigenvalue weighted by atomic mass is 9.99. The number of aliphatic hydroxyl groups is 2. The Kier molecular flexibility index (Phi) is 9.25. The third-order valence-electron chi connectivity index (χ3n) is 6.70. The molecule has 170 valence electrons. The van der Waals surface area contributed by atoms with Crippen LogP contribution in [-0.4, -0.2) is 74.9 Å². The van der Waals surface area contributed by atoms with Gasteiger partial charge in [0.25, 0.3) is 0 Å². The lowest BCUT2D eigenvalue weighted by molar-refractivity contribution is -0.909. The molecule has 0 aliphatic carbocycles. The average molecular weight is 423 g/mol. The van der Waals surface area contributed by atoms with Gasteiger partial charge in [0, 0.05) is 6.07 Å². The van der Waals surface area contributed by atoms with Crippen molar-refractivity contribution in [1.82, 2.24) is 0 Å². The highest BCUT2D eigenvalue weighted by Gasteiger charge is 2.23. The molecule has 2 aliphatic rings. The SMILES string of the molecule is CC1CC[NH+](C[C@@H](O)COc2cccc(OC[C@H](O)C[NH+]3CCC(C)CC3)c2)CC1. The molecule has 6 nitrogen and oxygen atoms in total. The molecule has 1 aromatic rings. The van der Waals surface area contributed by atoms with Crippen molar-refractivity contribution in [3.8, 4) is 11.5 Å². The van der Waals surface area contributed by atoms with Crippen LogP contribution in [0.3, 0.4) is 0 Å². The fraction of sp³-hybridized carbons (Fsp3) is 0.750. The lowest BCUT2D eigenvalue weighted by Crippen LogP contribution is -3.14. The van der Waals surface area contributed by atoms with E-state index in [2.05, 4.69) is 13.8 Å². The zero-order valence-electron chi connectivity index (χ0n) is 18.8. The molecule has 6 heteroatoms. The van der Waals surface area contributed by atoms with Gasteiger partial charge in [0.05, 0.1) is 26.2 Å². The quantitative estimate of drug-likeness (QED) is 0.422. The monoisotopic (exact) mass is 422 g/mol. The molecule has 2 heterocycles. The smallest absolute Gasteiger partial charge is 0.137 e. The number of piperidine rings is 2. The van der Waals surface area contributed by atoms with Gasteiger partial charge in [0.2, 0.25) is 0 Å². The fourth-order valence-corrected chi connectivity index (χ4v) is 4.57. The van der Waals surface area contributed by atoms with Crippen LogP contribution in [0, 0.1) is 11.8 Å². The van der Waals surface area contributed by atoms with E-state index in [1.807, 2.05) is 24.3 Å². The topological polar surface area (TPSA) is 67.8 Å². The van der Waals surface area contributed by atoms with Crippen LogP contribution in [0.4, 0.5) is 0 Å². The standard InChI is InChI=1S/C24H40N2O4/c1-19-6-10-25(11-7-19)15-21(27)17-29-23-4-3-5-24(14-23)30-18-22(28)16-26-12-8-20(2)9-13-26/h3-5,14,19-22,27-28H,6-13,15-18H2,1-2H3/p+2/t21-,22-/m1/s1. The van der Waals surface area contributed by atoms with Crippen molar-refractivity contribution in [3.05, 3.63) is 24.3 Å². The molecule has 1 aromatic carbocycles. The molecular formula is C24H42N2O4+2. The molecule has 2 saturated heterocycles. The number of hydrogen-bond donors (Lipinski definition) is 4. The van der Waals surface area contributed by atoms with Crippen molar-refractivity contribution in [3.63, 3.8) is 0 Å². The summed E-state index contributed by atoms with van der Waals surface area (Å²) in [6.45, 7) is 11.2. The summed E-state index contributed by atoms with van der Waals surface area (Å²) in [7, 11) is 0. The maximum atomic E-state index is 10.3. The Morgan fingerprint density at radius 3 is 1.60 bits per heavy atom. The number of aliphatic hydroxyl groups excluding tert-OH is 2. The van der Waals surface area contributed by atoms with Crippen LogP contribution < -0.4 is 19.3 Å². The highest BCUT2D eigenvalue weighted by Crippen LogP contribution is 2.19. The van der Waals surface area contributed by atoms with Gasteiger partial charge in [-0.2, -0.15) is 0 Å². The van der Waals surface area contributed by atoms with E-state index in [0.29, 0.717) is 24.7 Å². The maximum Gasteiger partial charge on any atom is 0.137 e.